The van der Waals surface area contributed by atoms with Crippen LogP contribution >= 0.6 is 0 Å². The molecule has 0 aliphatic carbocycles. The zero-order chi connectivity index (χ0) is 10.4. The van der Waals surface area contributed by atoms with Gasteiger partial charge in [0, 0.05) is 13.0 Å². The first kappa shape index (κ1) is 11.9. The summed E-state index contributed by atoms with van der Waals surface area (Å²) in [6, 6.07) is -1.82. The van der Waals surface area contributed by atoms with Crippen LogP contribution in [0.2, 0.25) is 0 Å². The first-order valence-corrected chi connectivity index (χ1v) is 3.88. The second kappa shape index (κ2) is 5.50. The molecule has 0 aliphatic rings. The third-order valence-corrected chi connectivity index (χ3v) is 1.45. The number of rotatable bonds is 5. The molecular formula is C7H14N2O4. The van der Waals surface area contributed by atoms with Crippen LogP contribution in [0.1, 0.15) is 13.3 Å². The van der Waals surface area contributed by atoms with Gasteiger partial charge in [0.2, 0.25) is 5.91 Å². The molecule has 1 amide bonds. The lowest BCUT2D eigenvalue weighted by Gasteiger charge is -2.14. The van der Waals surface area contributed by atoms with Gasteiger partial charge in [0.1, 0.15) is 6.04 Å². The summed E-state index contributed by atoms with van der Waals surface area (Å²) < 4.78 is 0. The van der Waals surface area contributed by atoms with Gasteiger partial charge in [-0.2, -0.15) is 0 Å². The molecule has 6 nitrogen and oxygen atoms in total. The Balaban J connectivity index is 4.10. The summed E-state index contributed by atoms with van der Waals surface area (Å²) in [7, 11) is 0. The van der Waals surface area contributed by atoms with Crippen LogP contribution in [0.4, 0.5) is 0 Å². The van der Waals surface area contributed by atoms with E-state index >= 15 is 0 Å². The lowest BCUT2D eigenvalue weighted by Crippen LogP contribution is -2.47. The van der Waals surface area contributed by atoms with Crippen molar-refractivity contribution in [3.8, 4) is 0 Å². The van der Waals surface area contributed by atoms with Crippen LogP contribution in [0, 0.1) is 0 Å². The lowest BCUT2D eigenvalue weighted by molar-refractivity contribution is -0.142. The van der Waals surface area contributed by atoms with E-state index in [1.54, 1.807) is 0 Å². The number of hydrogen-bond donors (Lipinski definition) is 4. The molecule has 0 spiro atoms. The van der Waals surface area contributed by atoms with Gasteiger partial charge in [0.25, 0.3) is 0 Å². The van der Waals surface area contributed by atoms with Crippen LogP contribution in [0.5, 0.6) is 0 Å². The van der Waals surface area contributed by atoms with Crippen LogP contribution in [0.15, 0.2) is 0 Å². The summed E-state index contributed by atoms with van der Waals surface area (Å²) in [5.41, 5.74) is 5.21. The van der Waals surface area contributed by atoms with Crippen molar-refractivity contribution in [3.63, 3.8) is 0 Å². The Morgan fingerprint density at radius 1 is 1.54 bits per heavy atom. The Bertz CT molecular complexity index is 193. The molecule has 0 bridgehead atoms. The molecule has 0 aliphatic heterocycles. The Hall–Kier alpha value is -1.14. The smallest absolute Gasteiger partial charge is 0.326 e. The predicted molar refractivity (Wildman–Crippen MR) is 44.9 cm³/mol. The molecule has 0 heterocycles. The molecule has 2 unspecified atom stereocenters. The summed E-state index contributed by atoms with van der Waals surface area (Å²) in [4.78, 5) is 21.4. The van der Waals surface area contributed by atoms with Crippen molar-refractivity contribution in [2.45, 2.75) is 25.4 Å². The third-order valence-electron chi connectivity index (χ3n) is 1.45. The highest BCUT2D eigenvalue weighted by molar-refractivity contribution is 5.86. The van der Waals surface area contributed by atoms with Crippen LogP contribution < -0.4 is 11.1 Å². The second-order valence-electron chi connectivity index (χ2n) is 2.70. The summed E-state index contributed by atoms with van der Waals surface area (Å²) >= 11 is 0. The molecule has 5 N–H and O–H groups in total. The Kier molecular flexibility index (Phi) is 5.01. The van der Waals surface area contributed by atoms with Crippen molar-refractivity contribution in [2.75, 3.05) is 6.61 Å². The lowest BCUT2D eigenvalue weighted by atomic mass is 10.2. The average molecular weight is 190 g/mol. The quantitative estimate of drug-likeness (QED) is 0.412. The number of aliphatic carboxylic acids is 1. The van der Waals surface area contributed by atoms with Gasteiger partial charge >= 0.3 is 5.97 Å². The number of carboxylic acids is 1. The Morgan fingerprint density at radius 2 is 2.08 bits per heavy atom. The van der Waals surface area contributed by atoms with Gasteiger partial charge in [-0.05, 0) is 6.92 Å². The first-order valence-electron chi connectivity index (χ1n) is 3.88. The van der Waals surface area contributed by atoms with Gasteiger partial charge in [-0.25, -0.2) is 4.79 Å². The van der Waals surface area contributed by atoms with Crippen molar-refractivity contribution in [1.82, 2.24) is 5.32 Å². The number of nitrogens with two attached hydrogens (primary N) is 1. The van der Waals surface area contributed by atoms with Crippen molar-refractivity contribution in [2.24, 2.45) is 5.73 Å². The first-order chi connectivity index (χ1) is 5.99. The van der Waals surface area contributed by atoms with Gasteiger partial charge < -0.3 is 21.3 Å². The van der Waals surface area contributed by atoms with Gasteiger partial charge in [-0.1, -0.05) is 0 Å². The minimum absolute atomic E-state index is 0.0200. The van der Waals surface area contributed by atoms with Gasteiger partial charge in [-0.3, -0.25) is 4.79 Å². The van der Waals surface area contributed by atoms with E-state index in [0.29, 0.717) is 0 Å². The molecule has 0 rings (SSSR count). The fourth-order valence-electron chi connectivity index (χ4n) is 0.690. The minimum Gasteiger partial charge on any atom is -0.480 e. The van der Waals surface area contributed by atoms with E-state index in [1.165, 1.54) is 6.92 Å². The maximum Gasteiger partial charge on any atom is 0.326 e. The van der Waals surface area contributed by atoms with Crippen LogP contribution in [0.25, 0.3) is 0 Å². The van der Waals surface area contributed by atoms with Crippen LogP contribution in [0.3, 0.4) is 0 Å². The highest BCUT2D eigenvalue weighted by Crippen LogP contribution is 1.92. The Morgan fingerprint density at radius 3 is 2.38 bits per heavy atom. The van der Waals surface area contributed by atoms with E-state index in [4.69, 9.17) is 15.9 Å². The van der Waals surface area contributed by atoms with Crippen molar-refractivity contribution >= 4 is 11.9 Å². The largest absolute Gasteiger partial charge is 0.480 e. The summed E-state index contributed by atoms with van der Waals surface area (Å²) in [6.45, 7) is 1.16. The third kappa shape index (κ3) is 4.44. The number of carboxylic acid groups (broad SMARTS) is 1. The molecule has 2 atom stereocenters. The zero-order valence-electron chi connectivity index (χ0n) is 7.36. The fourth-order valence-corrected chi connectivity index (χ4v) is 0.690. The van der Waals surface area contributed by atoms with Crippen molar-refractivity contribution in [3.05, 3.63) is 0 Å². The highest BCUT2D eigenvalue weighted by Gasteiger charge is 2.20. The molecule has 0 aromatic carbocycles. The maximum atomic E-state index is 11.0. The van der Waals surface area contributed by atoms with Gasteiger partial charge in [-0.15, -0.1) is 0 Å². The van der Waals surface area contributed by atoms with Gasteiger partial charge in [0.05, 0.1) is 6.04 Å². The average Bonchev–Trinajstić information content (AvgIpc) is 2.03. The van der Waals surface area contributed by atoms with Crippen molar-refractivity contribution < 1.29 is 19.8 Å². The monoisotopic (exact) mass is 190 g/mol. The zero-order valence-corrected chi connectivity index (χ0v) is 7.36. The number of aliphatic hydroxyl groups is 1. The molecule has 76 valence electrons. The summed E-state index contributed by atoms with van der Waals surface area (Å²) in [5, 5.41) is 19.3. The SMILES string of the molecule is CC(N)C(=O)NC(CCO)C(=O)O. The van der Waals surface area contributed by atoms with E-state index in [2.05, 4.69) is 5.32 Å². The summed E-state index contributed by atoms with van der Waals surface area (Å²) in [6.07, 6.45) is -0.0200. The normalized spacial score (nSPS) is 14.7. The van der Waals surface area contributed by atoms with Crippen LogP contribution in [-0.2, 0) is 9.59 Å². The topological polar surface area (TPSA) is 113 Å². The fraction of sp³-hybridized carbons (Fsp3) is 0.714. The predicted octanol–water partition coefficient (Wildman–Crippen LogP) is -1.71. The van der Waals surface area contributed by atoms with Crippen molar-refractivity contribution in [1.29, 1.82) is 0 Å². The molecule has 0 aromatic heterocycles. The molecule has 0 saturated heterocycles. The van der Waals surface area contributed by atoms with E-state index in [-0.39, 0.29) is 13.0 Å². The van der Waals surface area contributed by atoms with Crippen LogP contribution in [-0.4, -0.2) is 40.8 Å². The molecule has 6 heteroatoms. The number of hydrogen-bond acceptors (Lipinski definition) is 4. The molecular weight excluding hydrogens is 176 g/mol. The molecule has 0 aromatic rings. The Labute approximate surface area is 75.7 Å². The number of carbonyl (C=O) groups excluding carboxylic acids is 1. The molecule has 13 heavy (non-hydrogen) atoms. The second-order valence-corrected chi connectivity index (χ2v) is 2.70. The van der Waals surface area contributed by atoms with E-state index in [1.807, 2.05) is 0 Å². The number of carbonyl (C=O) groups is 2. The number of amides is 1. The molecule has 0 saturated carbocycles. The summed E-state index contributed by atoms with van der Waals surface area (Å²) in [5.74, 6) is -1.72. The number of nitrogens with one attached hydrogen (secondary N) is 1. The maximum absolute atomic E-state index is 11.0. The van der Waals surface area contributed by atoms with Gasteiger partial charge in [0.15, 0.2) is 0 Å². The standard InChI is InChI=1S/C7H14N2O4/c1-4(8)6(11)9-5(2-3-10)7(12)13/h4-5,10H,2-3,8H2,1H3,(H,9,11)(H,12,13). The number of aliphatic hydroxyl groups excluding tert-OH is 1. The van der Waals surface area contributed by atoms with E-state index in [0.717, 1.165) is 0 Å². The molecule has 0 fully saturated rings. The van der Waals surface area contributed by atoms with E-state index in [9.17, 15) is 9.59 Å². The molecule has 0 radical (unpaired) electrons. The highest BCUT2D eigenvalue weighted by atomic mass is 16.4. The van der Waals surface area contributed by atoms with E-state index < -0.39 is 24.0 Å². The minimum atomic E-state index is -1.18.